The molecule has 2 aliphatic rings. The summed E-state index contributed by atoms with van der Waals surface area (Å²) in [6.07, 6.45) is 0.856. The summed E-state index contributed by atoms with van der Waals surface area (Å²) in [5, 5.41) is 1.17. The number of hydrogen-bond acceptors (Lipinski definition) is 3. The van der Waals surface area contributed by atoms with Crippen molar-refractivity contribution >= 4 is 40.1 Å². The van der Waals surface area contributed by atoms with E-state index in [-0.39, 0.29) is 12.3 Å². The van der Waals surface area contributed by atoms with E-state index < -0.39 is 0 Å². The molecule has 1 aliphatic carbocycles. The van der Waals surface area contributed by atoms with E-state index in [9.17, 15) is 0 Å². The van der Waals surface area contributed by atoms with Crippen molar-refractivity contribution in [3.8, 4) is 49.6 Å². The summed E-state index contributed by atoms with van der Waals surface area (Å²) < 4.78 is 6.94. The first-order chi connectivity index (χ1) is 26.5. The van der Waals surface area contributed by atoms with Gasteiger partial charge < -0.3 is 9.55 Å². The SMILES string of the molecule is CC1(C)c2ccccc2-c2c(-c3cccc4c3OB(c3ccccc3)C4)cc(N(c3ccc(-c4ccccc4)cc3)c3ccc(-c4ccccc4)s3)cc21. The second-order valence-electron chi connectivity index (χ2n) is 14.9. The molecule has 4 heteroatoms. The number of rotatable bonds is 7. The van der Waals surface area contributed by atoms with E-state index in [1.54, 1.807) is 0 Å². The largest absolute Gasteiger partial charge is 0.555 e. The molecule has 0 spiro atoms. The molecule has 7 aromatic carbocycles. The zero-order valence-corrected chi connectivity index (χ0v) is 31.2. The number of benzene rings is 7. The molecule has 0 atom stereocenters. The highest BCUT2D eigenvalue weighted by molar-refractivity contribution is 7.19. The third kappa shape index (κ3) is 5.49. The van der Waals surface area contributed by atoms with Gasteiger partial charge in [-0.05, 0) is 98.3 Å². The van der Waals surface area contributed by atoms with E-state index in [1.165, 1.54) is 65.4 Å². The van der Waals surface area contributed by atoms with Gasteiger partial charge in [0.15, 0.2) is 0 Å². The summed E-state index contributed by atoms with van der Waals surface area (Å²) in [5.74, 6) is 0.995. The predicted octanol–water partition coefficient (Wildman–Crippen LogP) is 12.9. The molecule has 0 saturated heterocycles. The molecule has 2 heterocycles. The molecule has 0 radical (unpaired) electrons. The zero-order chi connectivity index (χ0) is 36.2. The predicted molar refractivity (Wildman–Crippen MR) is 229 cm³/mol. The average Bonchev–Trinajstić information content (AvgIpc) is 3.95. The average molecular weight is 712 g/mol. The lowest BCUT2D eigenvalue weighted by Gasteiger charge is -2.28. The van der Waals surface area contributed by atoms with Crippen LogP contribution in [0.15, 0.2) is 182 Å². The Morgan fingerprint density at radius 1 is 0.537 bits per heavy atom. The van der Waals surface area contributed by atoms with E-state index in [4.69, 9.17) is 4.65 Å². The Labute approximate surface area is 322 Å². The van der Waals surface area contributed by atoms with E-state index >= 15 is 0 Å². The van der Waals surface area contributed by atoms with Gasteiger partial charge in [0.25, 0.3) is 0 Å². The van der Waals surface area contributed by atoms with E-state index in [1.807, 2.05) is 11.3 Å². The van der Waals surface area contributed by atoms with Crippen LogP contribution < -0.4 is 15.0 Å². The molecule has 0 amide bonds. The Balaban J connectivity index is 1.18. The van der Waals surface area contributed by atoms with Crippen molar-refractivity contribution < 1.29 is 4.65 Å². The summed E-state index contributed by atoms with van der Waals surface area (Å²) in [7, 11) is 0. The molecule has 0 N–H and O–H groups in total. The van der Waals surface area contributed by atoms with Gasteiger partial charge in [0.2, 0.25) is 0 Å². The second kappa shape index (κ2) is 13.1. The lowest BCUT2D eigenvalue weighted by Crippen LogP contribution is -2.35. The van der Waals surface area contributed by atoms with Gasteiger partial charge in [0, 0.05) is 27.2 Å². The van der Waals surface area contributed by atoms with Crippen LogP contribution in [-0.2, 0) is 11.7 Å². The number of anilines is 3. The van der Waals surface area contributed by atoms with E-state index in [0.29, 0.717) is 0 Å². The van der Waals surface area contributed by atoms with Gasteiger partial charge in [-0.3, -0.25) is 0 Å². The Morgan fingerprint density at radius 3 is 1.94 bits per heavy atom. The molecule has 8 aromatic rings. The highest BCUT2D eigenvalue weighted by Crippen LogP contribution is 2.56. The fourth-order valence-electron chi connectivity index (χ4n) is 8.52. The van der Waals surface area contributed by atoms with Crippen molar-refractivity contribution in [1.29, 1.82) is 0 Å². The lowest BCUT2D eigenvalue weighted by molar-refractivity contribution is 0.603. The van der Waals surface area contributed by atoms with Gasteiger partial charge in [-0.25, -0.2) is 0 Å². The summed E-state index contributed by atoms with van der Waals surface area (Å²) in [5.41, 5.74) is 15.8. The van der Waals surface area contributed by atoms with Gasteiger partial charge in [0.1, 0.15) is 10.8 Å². The van der Waals surface area contributed by atoms with Crippen molar-refractivity contribution in [3.05, 3.63) is 199 Å². The van der Waals surface area contributed by atoms with Crippen LogP contribution in [0.4, 0.5) is 16.4 Å². The summed E-state index contributed by atoms with van der Waals surface area (Å²) in [4.78, 5) is 3.69. The summed E-state index contributed by atoms with van der Waals surface area (Å²) in [6, 6.07) is 66.1. The highest BCUT2D eigenvalue weighted by Gasteiger charge is 2.39. The zero-order valence-electron chi connectivity index (χ0n) is 30.4. The topological polar surface area (TPSA) is 12.5 Å². The number of hydrogen-bond donors (Lipinski definition) is 0. The molecule has 0 saturated carbocycles. The molecule has 54 heavy (non-hydrogen) atoms. The van der Waals surface area contributed by atoms with Crippen LogP contribution in [0.1, 0.15) is 30.5 Å². The maximum atomic E-state index is 6.94. The fraction of sp³-hybridized carbons (Fsp3) is 0.0800. The third-order valence-electron chi connectivity index (χ3n) is 11.3. The molecular weight excluding hydrogens is 673 g/mol. The first kappa shape index (κ1) is 32.5. The van der Waals surface area contributed by atoms with Crippen molar-refractivity contribution in [2.24, 2.45) is 0 Å². The van der Waals surface area contributed by atoms with Crippen LogP contribution in [0.5, 0.6) is 5.75 Å². The smallest absolute Gasteiger partial charge is 0.396 e. The quantitative estimate of drug-likeness (QED) is 0.153. The number of nitrogens with zero attached hydrogens (tertiary/aromatic N) is 1. The van der Waals surface area contributed by atoms with Crippen LogP contribution in [0.3, 0.4) is 0 Å². The van der Waals surface area contributed by atoms with Crippen LogP contribution in [-0.4, -0.2) is 6.92 Å². The number of para-hydroxylation sites is 1. The Hall–Kier alpha value is -6.10. The second-order valence-corrected chi connectivity index (χ2v) is 15.9. The number of fused-ring (bicyclic) bond motifs is 4. The molecule has 1 aromatic heterocycles. The normalized spacial score (nSPS) is 13.6. The fourth-order valence-corrected chi connectivity index (χ4v) is 9.57. The van der Waals surface area contributed by atoms with Gasteiger partial charge in [-0.1, -0.05) is 159 Å². The molecule has 0 bridgehead atoms. The third-order valence-corrected chi connectivity index (χ3v) is 12.4. The standard InChI is InChI=1S/C50H38BNOS/c1-50(2)44-24-13-12-22-42(44)48-43(41-23-14-19-37-33-51(53-49(37)41)38-20-10-5-11-21-38)31-40(32-45(48)50)52(47-30-29-46(54-47)36-17-8-4-9-18-36)39-27-25-35(26-28-39)34-15-6-3-7-16-34/h3-32H,33H2,1-2H3. The van der Waals surface area contributed by atoms with Gasteiger partial charge in [0.05, 0.1) is 0 Å². The molecule has 1 aliphatic heterocycles. The monoisotopic (exact) mass is 711 g/mol. The maximum absolute atomic E-state index is 6.94. The summed E-state index contributed by atoms with van der Waals surface area (Å²) >= 11 is 1.83. The maximum Gasteiger partial charge on any atom is 0.396 e. The Kier molecular flexibility index (Phi) is 7.89. The van der Waals surface area contributed by atoms with Crippen molar-refractivity contribution in [1.82, 2.24) is 0 Å². The minimum absolute atomic E-state index is 0.00976. The minimum Gasteiger partial charge on any atom is -0.555 e. The van der Waals surface area contributed by atoms with E-state index in [0.717, 1.165) is 29.0 Å². The van der Waals surface area contributed by atoms with Gasteiger partial charge in [-0.15, -0.1) is 11.3 Å². The van der Waals surface area contributed by atoms with Gasteiger partial charge in [-0.2, -0.15) is 0 Å². The van der Waals surface area contributed by atoms with Crippen molar-refractivity contribution in [3.63, 3.8) is 0 Å². The first-order valence-corrected chi connectivity index (χ1v) is 19.6. The molecule has 2 nitrogen and oxygen atoms in total. The molecular formula is C50H38BNOS. The van der Waals surface area contributed by atoms with Crippen LogP contribution in [0, 0.1) is 0 Å². The van der Waals surface area contributed by atoms with Crippen LogP contribution >= 0.6 is 11.3 Å². The highest BCUT2D eigenvalue weighted by atomic mass is 32.1. The molecule has 10 rings (SSSR count). The van der Waals surface area contributed by atoms with E-state index in [2.05, 4.69) is 201 Å². The van der Waals surface area contributed by atoms with Crippen molar-refractivity contribution in [2.75, 3.05) is 4.90 Å². The number of thiophene rings is 1. The summed E-state index contributed by atoms with van der Waals surface area (Å²) in [6.45, 7) is 4.74. The van der Waals surface area contributed by atoms with Crippen molar-refractivity contribution in [2.45, 2.75) is 25.6 Å². The minimum atomic E-state index is -0.199. The van der Waals surface area contributed by atoms with Crippen LogP contribution in [0.2, 0.25) is 0 Å². The van der Waals surface area contributed by atoms with Gasteiger partial charge >= 0.3 is 6.92 Å². The molecule has 0 unspecified atom stereocenters. The Bertz CT molecular complexity index is 2630. The molecule has 258 valence electrons. The van der Waals surface area contributed by atoms with Crippen LogP contribution in [0.25, 0.3) is 43.8 Å². The lowest BCUT2D eigenvalue weighted by atomic mass is 9.58. The Morgan fingerprint density at radius 2 is 1.19 bits per heavy atom. The first-order valence-electron chi connectivity index (χ1n) is 18.8. The molecule has 0 fully saturated rings.